The van der Waals surface area contributed by atoms with E-state index < -0.39 is 0 Å². The van der Waals surface area contributed by atoms with Gasteiger partial charge in [0.1, 0.15) is 6.29 Å². The van der Waals surface area contributed by atoms with E-state index in [4.69, 9.17) is 0 Å². The van der Waals surface area contributed by atoms with E-state index in [1.54, 1.807) is 11.8 Å². The minimum Gasteiger partial charge on any atom is -0.362 e. The molecule has 0 saturated carbocycles. The van der Waals surface area contributed by atoms with Gasteiger partial charge in [-0.05, 0) is 30.9 Å². The maximum atomic E-state index is 10.4. The topological polar surface area (TPSA) is 20.3 Å². The lowest BCUT2D eigenvalue weighted by Crippen LogP contribution is -2.19. The highest BCUT2D eigenvalue weighted by Gasteiger charge is 2.16. The molecule has 2 nitrogen and oxygen atoms in total. The third-order valence-corrected chi connectivity index (χ3v) is 2.99. The van der Waals surface area contributed by atoms with Gasteiger partial charge in [0.05, 0.1) is 5.37 Å². The first-order valence-corrected chi connectivity index (χ1v) is 4.81. The zero-order valence-corrected chi connectivity index (χ0v) is 8.39. The number of thioether (sulfide) groups is 1. The minimum atomic E-state index is 0.482. The van der Waals surface area contributed by atoms with Crippen molar-refractivity contribution in [1.82, 2.24) is 4.90 Å². The van der Waals surface area contributed by atoms with Crippen molar-refractivity contribution >= 4 is 18.0 Å². The van der Waals surface area contributed by atoms with Crippen molar-refractivity contribution in [2.75, 3.05) is 7.05 Å². The molecule has 12 heavy (non-hydrogen) atoms. The fraction of sp³-hybridized carbons (Fsp3) is 0.444. The van der Waals surface area contributed by atoms with Crippen LogP contribution in [0.3, 0.4) is 0 Å². The van der Waals surface area contributed by atoms with Gasteiger partial charge in [-0.2, -0.15) is 0 Å². The highest BCUT2D eigenvalue weighted by atomic mass is 32.2. The molecule has 0 radical (unpaired) electrons. The van der Waals surface area contributed by atoms with Gasteiger partial charge in [-0.1, -0.05) is 0 Å². The Balaban J connectivity index is 2.72. The van der Waals surface area contributed by atoms with Crippen molar-refractivity contribution in [1.29, 1.82) is 0 Å². The first-order chi connectivity index (χ1) is 5.65. The minimum absolute atomic E-state index is 0.482. The summed E-state index contributed by atoms with van der Waals surface area (Å²) in [6, 6.07) is 0. The molecule has 1 atom stereocenters. The smallest absolute Gasteiger partial charge is 0.145 e. The lowest BCUT2D eigenvalue weighted by molar-refractivity contribution is -0.104. The summed E-state index contributed by atoms with van der Waals surface area (Å²) in [5.41, 5.74) is 1.89. The molecule has 0 spiro atoms. The summed E-state index contributed by atoms with van der Waals surface area (Å²) in [4.78, 5) is 12.5. The average molecular weight is 183 g/mol. The summed E-state index contributed by atoms with van der Waals surface area (Å²) in [6.07, 6.45) is 2.78. The lowest BCUT2D eigenvalue weighted by Gasteiger charge is -2.18. The third-order valence-electron chi connectivity index (χ3n) is 1.90. The summed E-state index contributed by atoms with van der Waals surface area (Å²) >= 11 is 1.77. The fourth-order valence-corrected chi connectivity index (χ4v) is 1.83. The molecule has 1 rings (SSSR count). The molecule has 1 unspecified atom stereocenters. The van der Waals surface area contributed by atoms with Crippen molar-refractivity contribution in [2.24, 2.45) is 0 Å². The molecule has 0 fully saturated rings. The van der Waals surface area contributed by atoms with Crippen LogP contribution in [0.15, 0.2) is 22.8 Å². The van der Waals surface area contributed by atoms with Gasteiger partial charge >= 0.3 is 0 Å². The van der Waals surface area contributed by atoms with Crippen molar-refractivity contribution in [2.45, 2.75) is 19.2 Å². The summed E-state index contributed by atoms with van der Waals surface area (Å²) in [5.74, 6) is 0. The summed E-state index contributed by atoms with van der Waals surface area (Å²) in [5, 5.41) is 2.56. The zero-order chi connectivity index (χ0) is 9.14. The molecular formula is C9H13NOS. The molecular weight excluding hydrogens is 170 g/mol. The van der Waals surface area contributed by atoms with Gasteiger partial charge in [0, 0.05) is 12.7 Å². The van der Waals surface area contributed by atoms with Crippen LogP contribution in [0.4, 0.5) is 0 Å². The van der Waals surface area contributed by atoms with Crippen LogP contribution in [0.5, 0.6) is 0 Å². The molecule has 0 amide bonds. The highest BCUT2D eigenvalue weighted by Crippen LogP contribution is 2.29. The van der Waals surface area contributed by atoms with E-state index in [0.717, 1.165) is 17.6 Å². The van der Waals surface area contributed by atoms with E-state index >= 15 is 0 Å². The monoisotopic (exact) mass is 183 g/mol. The number of carbonyl (C=O) groups is 1. The maximum Gasteiger partial charge on any atom is 0.145 e. The molecule has 0 aliphatic carbocycles. The van der Waals surface area contributed by atoms with E-state index in [-0.39, 0.29) is 0 Å². The quantitative estimate of drug-likeness (QED) is 0.482. The normalized spacial score (nSPS) is 24.2. The first-order valence-electron chi connectivity index (χ1n) is 3.87. The molecule has 1 aliphatic rings. The number of hydrogen-bond acceptors (Lipinski definition) is 3. The van der Waals surface area contributed by atoms with Crippen molar-refractivity contribution in [3.05, 3.63) is 22.8 Å². The standard InChI is InChI=1S/C9H13NOS/c1-7(5-11)4-9-6-12-8(2)10(9)3/h4-6,8H,1-3H3/b7-4+. The number of likely N-dealkylation sites (N-methyl/N-ethyl adjacent to an activating group) is 1. The SMILES string of the molecule is C/C(C=O)=C\C1=CSC(C)N1C. The van der Waals surface area contributed by atoms with Crippen LogP contribution >= 0.6 is 11.8 Å². The van der Waals surface area contributed by atoms with Crippen LogP contribution in [-0.2, 0) is 4.79 Å². The van der Waals surface area contributed by atoms with E-state index in [0.29, 0.717) is 5.37 Å². The Morgan fingerprint density at radius 2 is 2.42 bits per heavy atom. The molecule has 0 aromatic rings. The van der Waals surface area contributed by atoms with E-state index in [2.05, 4.69) is 17.2 Å². The number of rotatable bonds is 2. The Bertz CT molecular complexity index is 245. The maximum absolute atomic E-state index is 10.4. The first kappa shape index (κ1) is 9.39. The van der Waals surface area contributed by atoms with Gasteiger partial charge in [0.25, 0.3) is 0 Å². The average Bonchev–Trinajstić information content (AvgIpc) is 2.36. The highest BCUT2D eigenvalue weighted by molar-refractivity contribution is 8.02. The Labute approximate surface area is 77.3 Å². The third kappa shape index (κ3) is 1.91. The van der Waals surface area contributed by atoms with Crippen LogP contribution in [0.2, 0.25) is 0 Å². The number of nitrogens with zero attached hydrogens (tertiary/aromatic N) is 1. The molecule has 0 saturated heterocycles. The number of carbonyl (C=O) groups excluding carboxylic acids is 1. The zero-order valence-electron chi connectivity index (χ0n) is 7.57. The summed E-state index contributed by atoms with van der Waals surface area (Å²) in [6.45, 7) is 3.95. The van der Waals surface area contributed by atoms with Gasteiger partial charge < -0.3 is 4.90 Å². The largest absolute Gasteiger partial charge is 0.362 e. The van der Waals surface area contributed by atoms with Crippen molar-refractivity contribution in [3.63, 3.8) is 0 Å². The summed E-state index contributed by atoms with van der Waals surface area (Å²) < 4.78 is 0. The van der Waals surface area contributed by atoms with Gasteiger partial charge in [-0.15, -0.1) is 11.8 Å². The fourth-order valence-electron chi connectivity index (χ4n) is 0.956. The van der Waals surface area contributed by atoms with E-state index in [1.165, 1.54) is 0 Å². The second-order valence-corrected chi connectivity index (χ2v) is 4.09. The molecule has 0 aromatic carbocycles. The molecule has 0 N–H and O–H groups in total. The number of allylic oxidation sites excluding steroid dienone is 2. The lowest BCUT2D eigenvalue weighted by atomic mass is 10.2. The second kappa shape index (κ2) is 3.81. The van der Waals surface area contributed by atoms with Crippen LogP contribution in [0.25, 0.3) is 0 Å². The van der Waals surface area contributed by atoms with Gasteiger partial charge in [0.15, 0.2) is 0 Å². The Kier molecular flexibility index (Phi) is 2.98. The van der Waals surface area contributed by atoms with E-state index in [1.807, 2.05) is 20.0 Å². The van der Waals surface area contributed by atoms with Crippen molar-refractivity contribution in [3.8, 4) is 0 Å². The second-order valence-electron chi connectivity index (χ2n) is 2.90. The van der Waals surface area contributed by atoms with Gasteiger partial charge in [-0.25, -0.2) is 0 Å². The molecule has 1 heterocycles. The van der Waals surface area contributed by atoms with Crippen LogP contribution in [0.1, 0.15) is 13.8 Å². The molecule has 0 bridgehead atoms. The Hall–Kier alpha value is -0.700. The Morgan fingerprint density at radius 1 is 1.75 bits per heavy atom. The molecule has 1 aliphatic heterocycles. The predicted octanol–water partition coefficient (Wildman–Crippen LogP) is 2.00. The van der Waals surface area contributed by atoms with Crippen LogP contribution in [0, 0.1) is 0 Å². The van der Waals surface area contributed by atoms with E-state index in [9.17, 15) is 4.79 Å². The van der Waals surface area contributed by atoms with Crippen LogP contribution in [-0.4, -0.2) is 23.6 Å². The predicted molar refractivity (Wildman–Crippen MR) is 52.7 cm³/mol. The molecule has 0 aromatic heterocycles. The Morgan fingerprint density at radius 3 is 2.83 bits per heavy atom. The van der Waals surface area contributed by atoms with Crippen LogP contribution < -0.4 is 0 Å². The van der Waals surface area contributed by atoms with Gasteiger partial charge in [-0.3, -0.25) is 4.79 Å². The number of aldehydes is 1. The number of hydrogen-bond donors (Lipinski definition) is 0. The van der Waals surface area contributed by atoms with Crippen molar-refractivity contribution < 1.29 is 4.79 Å². The molecule has 66 valence electrons. The van der Waals surface area contributed by atoms with Gasteiger partial charge in [0.2, 0.25) is 0 Å². The summed E-state index contributed by atoms with van der Waals surface area (Å²) in [7, 11) is 2.03. The molecule has 3 heteroatoms.